The molecule has 1 aliphatic rings. The number of benzene rings is 2. The highest BCUT2D eigenvalue weighted by molar-refractivity contribution is 5.28. The van der Waals surface area contributed by atoms with Gasteiger partial charge in [0.05, 0.1) is 24.3 Å². The molecule has 0 amide bonds. The van der Waals surface area contributed by atoms with Gasteiger partial charge in [-0.25, -0.2) is 8.78 Å². The predicted molar refractivity (Wildman–Crippen MR) is 87.8 cm³/mol. The Morgan fingerprint density at radius 1 is 1.07 bits per heavy atom. The molecule has 2 aromatic carbocycles. The van der Waals surface area contributed by atoms with Crippen molar-refractivity contribution in [1.82, 2.24) is 5.32 Å². The van der Waals surface area contributed by atoms with Gasteiger partial charge in [0.25, 0.3) is 0 Å². The van der Waals surface area contributed by atoms with E-state index < -0.39 is 36.0 Å². The van der Waals surface area contributed by atoms with Crippen LogP contribution in [0.25, 0.3) is 0 Å². The number of halogens is 5. The van der Waals surface area contributed by atoms with Gasteiger partial charge in [0.15, 0.2) is 6.29 Å². The third kappa shape index (κ3) is 4.82. The fraction of sp³-hybridized carbons (Fsp3) is 0.368. The quantitative estimate of drug-likeness (QED) is 0.769. The van der Waals surface area contributed by atoms with Gasteiger partial charge < -0.3 is 14.8 Å². The van der Waals surface area contributed by atoms with Crippen molar-refractivity contribution in [2.45, 2.75) is 31.5 Å². The normalized spacial score (nSPS) is 21.9. The lowest BCUT2D eigenvalue weighted by Crippen LogP contribution is -2.43. The molecule has 1 fully saturated rings. The summed E-state index contributed by atoms with van der Waals surface area (Å²) in [6.45, 7) is 2.40. The molecule has 0 radical (unpaired) electrons. The first-order chi connectivity index (χ1) is 12.7. The van der Waals surface area contributed by atoms with Crippen LogP contribution in [0.2, 0.25) is 0 Å². The number of morpholine rings is 1. The molecule has 0 bridgehead atoms. The summed E-state index contributed by atoms with van der Waals surface area (Å²) in [5, 5.41) is 3.18. The van der Waals surface area contributed by atoms with Crippen LogP contribution in [0, 0.1) is 11.6 Å². The van der Waals surface area contributed by atoms with Crippen molar-refractivity contribution in [1.29, 1.82) is 0 Å². The molecule has 0 aliphatic carbocycles. The molecule has 1 aliphatic heterocycles. The number of nitrogens with one attached hydrogen (secondary N) is 1. The van der Waals surface area contributed by atoms with E-state index in [-0.39, 0.29) is 11.4 Å². The van der Waals surface area contributed by atoms with Crippen molar-refractivity contribution in [3.05, 3.63) is 70.8 Å². The third-order valence-electron chi connectivity index (χ3n) is 4.30. The van der Waals surface area contributed by atoms with Gasteiger partial charge in [-0.05, 0) is 48.4 Å². The zero-order chi connectivity index (χ0) is 19.6. The lowest BCUT2D eigenvalue weighted by Gasteiger charge is -2.34. The van der Waals surface area contributed by atoms with Gasteiger partial charge in [-0.1, -0.05) is 12.1 Å². The molecule has 3 rings (SSSR count). The zero-order valence-electron chi connectivity index (χ0n) is 14.4. The molecule has 0 saturated carbocycles. The minimum absolute atomic E-state index is 0.0503. The summed E-state index contributed by atoms with van der Waals surface area (Å²) in [5.74, 6) is -1.38. The molecule has 2 aromatic rings. The van der Waals surface area contributed by atoms with Crippen LogP contribution in [0.4, 0.5) is 22.0 Å². The molecule has 1 heterocycles. The van der Waals surface area contributed by atoms with E-state index >= 15 is 0 Å². The van der Waals surface area contributed by atoms with Crippen molar-refractivity contribution >= 4 is 0 Å². The van der Waals surface area contributed by atoms with Gasteiger partial charge in [0.2, 0.25) is 0 Å². The second-order valence-corrected chi connectivity index (χ2v) is 6.27. The van der Waals surface area contributed by atoms with E-state index in [1.54, 1.807) is 12.1 Å². The maximum Gasteiger partial charge on any atom is 0.416 e. The third-order valence-corrected chi connectivity index (χ3v) is 4.30. The largest absolute Gasteiger partial charge is 0.416 e. The molecule has 1 saturated heterocycles. The second-order valence-electron chi connectivity index (χ2n) is 6.27. The van der Waals surface area contributed by atoms with Crippen molar-refractivity contribution in [2.24, 2.45) is 0 Å². The van der Waals surface area contributed by atoms with Crippen molar-refractivity contribution in [2.75, 3.05) is 13.2 Å². The van der Waals surface area contributed by atoms with E-state index in [0.717, 1.165) is 12.1 Å². The van der Waals surface area contributed by atoms with Crippen molar-refractivity contribution in [3.63, 3.8) is 0 Å². The van der Waals surface area contributed by atoms with Crippen LogP contribution in [-0.4, -0.2) is 19.4 Å². The minimum atomic E-state index is -4.66. The molecule has 0 spiro atoms. The summed E-state index contributed by atoms with van der Waals surface area (Å²) >= 11 is 0. The molecule has 3 atom stereocenters. The van der Waals surface area contributed by atoms with Crippen LogP contribution >= 0.6 is 0 Å². The Kier molecular flexibility index (Phi) is 5.78. The fourth-order valence-electron chi connectivity index (χ4n) is 2.94. The summed E-state index contributed by atoms with van der Waals surface area (Å²) in [6.07, 6.45) is -6.33. The van der Waals surface area contributed by atoms with Crippen LogP contribution in [0.15, 0.2) is 42.5 Å². The van der Waals surface area contributed by atoms with E-state index in [9.17, 15) is 22.0 Å². The first-order valence-electron chi connectivity index (χ1n) is 8.37. The molecular formula is C19H18F5NO2. The smallest absolute Gasteiger partial charge is 0.349 e. The Bertz CT molecular complexity index is 779. The molecule has 3 nitrogen and oxygen atoms in total. The molecule has 0 aromatic heterocycles. The van der Waals surface area contributed by atoms with Crippen LogP contribution in [0.5, 0.6) is 0 Å². The number of rotatable bonds is 4. The van der Waals surface area contributed by atoms with Crippen molar-refractivity contribution < 1.29 is 31.4 Å². The topological polar surface area (TPSA) is 30.5 Å². The Balaban J connectivity index is 1.80. The van der Waals surface area contributed by atoms with Crippen LogP contribution in [-0.2, 0) is 15.7 Å². The summed E-state index contributed by atoms with van der Waals surface area (Å²) in [4.78, 5) is 0. The Hall–Kier alpha value is -2.03. The zero-order valence-corrected chi connectivity index (χ0v) is 14.4. The first kappa shape index (κ1) is 19.7. The first-order valence-corrected chi connectivity index (χ1v) is 8.37. The molecule has 1 N–H and O–H groups in total. The standard InChI is InChI=1S/C19H18F5NO2/c1-11(13-8-14(19(22,23)24)10-16(21)9-13)27-18-17(25-6-7-26-18)12-2-4-15(20)5-3-12/h2-5,8-11,17-18,25H,6-7H2,1H3/t11-,17-,18+/m0/s1. The number of ether oxygens (including phenoxy) is 2. The van der Waals surface area contributed by atoms with Crippen LogP contribution in [0.3, 0.4) is 0 Å². The minimum Gasteiger partial charge on any atom is -0.349 e. The molecule has 146 valence electrons. The number of hydrogen-bond donors (Lipinski definition) is 1. The molecule has 0 unspecified atom stereocenters. The SMILES string of the molecule is C[C@H](O[C@H]1OCCN[C@H]1c1ccc(F)cc1)c1cc(F)cc(C(F)(F)F)c1. The van der Waals surface area contributed by atoms with E-state index in [2.05, 4.69) is 5.32 Å². The second kappa shape index (κ2) is 7.92. The highest BCUT2D eigenvalue weighted by Crippen LogP contribution is 2.34. The summed E-state index contributed by atoms with van der Waals surface area (Å²) < 4.78 is 76.9. The summed E-state index contributed by atoms with van der Waals surface area (Å²) in [5.41, 5.74) is -0.316. The maximum absolute atomic E-state index is 13.6. The lowest BCUT2D eigenvalue weighted by molar-refractivity contribution is -0.200. The van der Waals surface area contributed by atoms with Gasteiger partial charge in [0, 0.05) is 6.54 Å². The average molecular weight is 387 g/mol. The summed E-state index contributed by atoms with van der Waals surface area (Å²) in [6, 6.07) is 7.62. The van der Waals surface area contributed by atoms with Crippen LogP contribution < -0.4 is 5.32 Å². The van der Waals surface area contributed by atoms with E-state index in [1.165, 1.54) is 19.1 Å². The van der Waals surface area contributed by atoms with Gasteiger partial charge in [-0.15, -0.1) is 0 Å². The average Bonchev–Trinajstić information content (AvgIpc) is 2.62. The van der Waals surface area contributed by atoms with E-state index in [1.807, 2.05) is 0 Å². The molecular weight excluding hydrogens is 369 g/mol. The fourth-order valence-corrected chi connectivity index (χ4v) is 2.94. The monoisotopic (exact) mass is 387 g/mol. The van der Waals surface area contributed by atoms with Gasteiger partial charge in [-0.3, -0.25) is 0 Å². The van der Waals surface area contributed by atoms with E-state index in [4.69, 9.17) is 9.47 Å². The number of alkyl halides is 3. The van der Waals surface area contributed by atoms with E-state index in [0.29, 0.717) is 24.8 Å². The Morgan fingerprint density at radius 3 is 2.44 bits per heavy atom. The van der Waals surface area contributed by atoms with Gasteiger partial charge >= 0.3 is 6.18 Å². The number of hydrogen-bond acceptors (Lipinski definition) is 3. The Morgan fingerprint density at radius 2 is 1.78 bits per heavy atom. The Labute approximate surface area is 153 Å². The molecule has 8 heteroatoms. The molecule has 27 heavy (non-hydrogen) atoms. The summed E-state index contributed by atoms with van der Waals surface area (Å²) in [7, 11) is 0. The van der Waals surface area contributed by atoms with Gasteiger partial charge in [0.1, 0.15) is 11.6 Å². The maximum atomic E-state index is 13.6. The highest BCUT2D eigenvalue weighted by atomic mass is 19.4. The van der Waals surface area contributed by atoms with Crippen molar-refractivity contribution in [3.8, 4) is 0 Å². The van der Waals surface area contributed by atoms with Gasteiger partial charge in [-0.2, -0.15) is 13.2 Å². The predicted octanol–water partition coefficient (Wildman–Crippen LogP) is 4.75. The van der Waals surface area contributed by atoms with Crippen LogP contribution in [0.1, 0.15) is 35.8 Å². The lowest BCUT2D eigenvalue weighted by atomic mass is 10.0. The highest BCUT2D eigenvalue weighted by Gasteiger charge is 2.33.